The molecular formula is C71H120N2O7P+. The molecule has 0 fully saturated rings. The Bertz CT molecular complexity index is 1890. The number of allylic oxidation sites excluding steroid dienone is 23. The number of hydrogen-bond acceptors (Lipinski definition) is 6. The molecule has 0 aliphatic heterocycles. The van der Waals surface area contributed by atoms with Gasteiger partial charge < -0.3 is 19.4 Å². The minimum absolute atomic E-state index is 0.0196. The quantitative estimate of drug-likeness (QED) is 0.0205. The second-order valence-corrected chi connectivity index (χ2v) is 23.6. The first-order chi connectivity index (χ1) is 39.4. The summed E-state index contributed by atoms with van der Waals surface area (Å²) in [6.07, 6.45) is 85.6. The number of unbranched alkanes of at least 4 members (excludes halogenated alkanes) is 18. The minimum Gasteiger partial charge on any atom is -0.456 e. The third-order valence-electron chi connectivity index (χ3n) is 13.3. The van der Waals surface area contributed by atoms with Gasteiger partial charge in [-0.3, -0.25) is 18.6 Å². The Morgan fingerprint density at radius 1 is 0.444 bits per heavy atom. The molecule has 0 aliphatic carbocycles. The topological polar surface area (TPSA) is 111 Å². The lowest BCUT2D eigenvalue weighted by atomic mass is 10.0. The highest BCUT2D eigenvalue weighted by Crippen LogP contribution is 2.43. The maximum absolute atomic E-state index is 13.6. The van der Waals surface area contributed by atoms with E-state index >= 15 is 0 Å². The highest BCUT2D eigenvalue weighted by Gasteiger charge is 2.30. The van der Waals surface area contributed by atoms with Crippen LogP contribution in [0.2, 0.25) is 0 Å². The fraction of sp³-hybridized carbons (Fsp3) is 0.634. The number of hydrogen-bond donors (Lipinski definition) is 2. The van der Waals surface area contributed by atoms with Crippen molar-refractivity contribution in [3.05, 3.63) is 146 Å². The average molecular weight is 1140 g/mol. The van der Waals surface area contributed by atoms with Gasteiger partial charge in [0, 0.05) is 12.8 Å². The number of carbonyl (C=O) groups is 2. The fourth-order valence-electron chi connectivity index (χ4n) is 8.38. The van der Waals surface area contributed by atoms with Gasteiger partial charge in [-0.15, -0.1) is 0 Å². The number of quaternary nitrogens is 1. The summed E-state index contributed by atoms with van der Waals surface area (Å²) in [6, 6.07) is -0.892. The van der Waals surface area contributed by atoms with Crippen molar-refractivity contribution < 1.29 is 37.3 Å². The largest absolute Gasteiger partial charge is 0.472 e. The maximum Gasteiger partial charge on any atom is 0.472 e. The first kappa shape index (κ1) is 76.9. The second kappa shape index (κ2) is 59.1. The van der Waals surface area contributed by atoms with Gasteiger partial charge in [-0.25, -0.2) is 4.57 Å². The predicted octanol–water partition coefficient (Wildman–Crippen LogP) is 20.2. The summed E-state index contributed by atoms with van der Waals surface area (Å²) in [6.45, 7) is 6.72. The number of rotatable bonds is 56. The van der Waals surface area contributed by atoms with E-state index in [-0.39, 0.29) is 37.9 Å². The molecule has 0 radical (unpaired) electrons. The predicted molar refractivity (Wildman–Crippen MR) is 350 cm³/mol. The highest BCUT2D eigenvalue weighted by atomic mass is 31.2. The highest BCUT2D eigenvalue weighted by molar-refractivity contribution is 7.47. The van der Waals surface area contributed by atoms with Crippen molar-refractivity contribution in [1.82, 2.24) is 5.32 Å². The Hall–Kier alpha value is -4.11. The van der Waals surface area contributed by atoms with E-state index in [1.807, 2.05) is 33.3 Å². The molecule has 10 heteroatoms. The van der Waals surface area contributed by atoms with Crippen molar-refractivity contribution in [2.75, 3.05) is 40.9 Å². The van der Waals surface area contributed by atoms with Gasteiger partial charge in [-0.05, 0) is 128 Å². The lowest BCUT2D eigenvalue weighted by Gasteiger charge is -2.27. The van der Waals surface area contributed by atoms with Gasteiger partial charge in [0.1, 0.15) is 19.3 Å². The third kappa shape index (κ3) is 60.3. The normalized spacial score (nSPS) is 14.6. The zero-order valence-corrected chi connectivity index (χ0v) is 53.4. The van der Waals surface area contributed by atoms with E-state index < -0.39 is 20.0 Å². The zero-order valence-electron chi connectivity index (χ0n) is 52.5. The van der Waals surface area contributed by atoms with Gasteiger partial charge in [0.15, 0.2) is 0 Å². The summed E-state index contributed by atoms with van der Waals surface area (Å²) < 4.78 is 30.7. The van der Waals surface area contributed by atoms with Crippen molar-refractivity contribution >= 4 is 19.7 Å². The zero-order chi connectivity index (χ0) is 59.3. The summed E-state index contributed by atoms with van der Waals surface area (Å²) in [7, 11) is 1.43. The Balaban J connectivity index is 5.39. The molecule has 0 spiro atoms. The van der Waals surface area contributed by atoms with Crippen LogP contribution in [0.15, 0.2) is 146 Å². The summed E-state index contributed by atoms with van der Waals surface area (Å²) in [5.41, 5.74) is 0. The molecule has 0 aromatic rings. The summed E-state index contributed by atoms with van der Waals surface area (Å²) in [5.74, 6) is -0.588. The minimum atomic E-state index is -4.48. The molecule has 0 saturated heterocycles. The molecule has 0 bridgehead atoms. The van der Waals surface area contributed by atoms with Crippen molar-refractivity contribution in [1.29, 1.82) is 0 Å². The van der Waals surface area contributed by atoms with E-state index in [2.05, 4.69) is 160 Å². The average Bonchev–Trinajstić information content (AvgIpc) is 3.44. The molecule has 2 N–H and O–H groups in total. The lowest BCUT2D eigenvalue weighted by molar-refractivity contribution is -0.870. The van der Waals surface area contributed by atoms with Crippen molar-refractivity contribution in [2.24, 2.45) is 0 Å². The van der Waals surface area contributed by atoms with Crippen LogP contribution in [0.5, 0.6) is 0 Å². The van der Waals surface area contributed by atoms with Crippen LogP contribution in [0.4, 0.5) is 0 Å². The van der Waals surface area contributed by atoms with Gasteiger partial charge in [0.25, 0.3) is 0 Å². The van der Waals surface area contributed by atoms with E-state index in [1.54, 1.807) is 0 Å². The first-order valence-corrected chi connectivity index (χ1v) is 33.7. The van der Waals surface area contributed by atoms with Crippen LogP contribution in [0.1, 0.15) is 239 Å². The van der Waals surface area contributed by atoms with Crippen LogP contribution in [0.3, 0.4) is 0 Å². The first-order valence-electron chi connectivity index (χ1n) is 32.2. The standard InChI is InChI=1S/C71H119N2O7P/c1-7-10-13-16-19-22-25-28-30-32-34-36-38-40-42-45-48-51-54-57-60-63-70(74)72-68(67-79-81(76,77)78-66-65-73(4,5)6)69(62-59-56-53-50-47-44-27-24-21-18-15-12-9-3)80-71(75)64-61-58-55-52-49-46-43-41-39-37-35-33-31-29-26-23-20-17-14-11-8-2/h10-11,13-14,19-20,22-23,28-31,34-37,40-43,48,51,59,62,68-69H,7-9,12,15-18,21,24-27,32-33,38-39,44-47,49-50,52-58,60-61,63-67H2,1-6H3,(H-,72,74,76,77)/p+1/b13-10-,14-11-,22-19-,23-20-,30-28-,31-29-,36-34-,37-35-,42-40-,43-41-,51-48-,62-59+. The molecule has 0 heterocycles. The number of esters is 1. The van der Waals surface area contributed by atoms with Crippen LogP contribution in [-0.4, -0.2) is 74.3 Å². The number of ether oxygens (including phenoxy) is 1. The lowest BCUT2D eigenvalue weighted by Crippen LogP contribution is -2.47. The van der Waals surface area contributed by atoms with Gasteiger partial charge in [0.2, 0.25) is 5.91 Å². The fourth-order valence-corrected chi connectivity index (χ4v) is 9.12. The van der Waals surface area contributed by atoms with E-state index in [9.17, 15) is 19.0 Å². The molecule has 0 saturated carbocycles. The van der Waals surface area contributed by atoms with Crippen molar-refractivity contribution in [3.63, 3.8) is 0 Å². The van der Waals surface area contributed by atoms with Gasteiger partial charge in [-0.1, -0.05) is 244 Å². The molecule has 3 unspecified atom stereocenters. The number of phosphoric ester groups is 1. The number of nitrogens with zero attached hydrogens (tertiary/aromatic N) is 1. The number of phosphoric acid groups is 1. The number of nitrogens with one attached hydrogen (secondary N) is 1. The van der Waals surface area contributed by atoms with Crippen LogP contribution in [0.25, 0.3) is 0 Å². The van der Waals surface area contributed by atoms with E-state index in [4.69, 9.17) is 13.8 Å². The molecule has 9 nitrogen and oxygen atoms in total. The van der Waals surface area contributed by atoms with Gasteiger partial charge in [-0.2, -0.15) is 0 Å². The number of amides is 1. The van der Waals surface area contributed by atoms with Gasteiger partial charge >= 0.3 is 13.8 Å². The molecular weight excluding hydrogens is 1020 g/mol. The SMILES string of the molecule is CC/C=C\C/C=C\C/C=C\C/C=C\C/C=C\C/C=C\CCCCC(=O)NC(COP(=O)(O)OCC[N+](C)(C)C)C(/C=C/CCCCCCCCCCCCC)OC(=O)CCCCCCC/C=C\C/C=C\C/C=C\C/C=C\C/C=C\CC. The number of likely N-dealkylation sites (N-methyl/N-ethyl adjacent to an activating group) is 1. The monoisotopic (exact) mass is 1140 g/mol. The Kier molecular flexibility index (Phi) is 56.1. The molecule has 3 atom stereocenters. The molecule has 81 heavy (non-hydrogen) atoms. The van der Waals surface area contributed by atoms with Crippen molar-refractivity contribution in [3.8, 4) is 0 Å². The second-order valence-electron chi connectivity index (χ2n) is 22.2. The smallest absolute Gasteiger partial charge is 0.456 e. The number of carbonyl (C=O) groups excluding carboxylic acids is 2. The summed E-state index contributed by atoms with van der Waals surface area (Å²) >= 11 is 0. The summed E-state index contributed by atoms with van der Waals surface area (Å²) in [4.78, 5) is 37.8. The molecule has 0 rings (SSSR count). The summed E-state index contributed by atoms with van der Waals surface area (Å²) in [5, 5.41) is 3.03. The Morgan fingerprint density at radius 3 is 1.20 bits per heavy atom. The Morgan fingerprint density at radius 2 is 0.790 bits per heavy atom. The van der Waals surface area contributed by atoms with Gasteiger partial charge in [0.05, 0.1) is 33.8 Å². The van der Waals surface area contributed by atoms with Crippen LogP contribution in [0, 0.1) is 0 Å². The van der Waals surface area contributed by atoms with Crippen molar-refractivity contribution in [2.45, 2.75) is 251 Å². The molecule has 0 aromatic heterocycles. The Labute approximate surface area is 498 Å². The molecule has 1 amide bonds. The third-order valence-corrected chi connectivity index (χ3v) is 14.3. The van der Waals surface area contributed by atoms with Crippen LogP contribution < -0.4 is 5.32 Å². The van der Waals surface area contributed by atoms with E-state index in [0.29, 0.717) is 23.9 Å². The van der Waals surface area contributed by atoms with E-state index in [0.717, 1.165) is 135 Å². The van der Waals surface area contributed by atoms with E-state index in [1.165, 1.54) is 57.8 Å². The van der Waals surface area contributed by atoms with Crippen LogP contribution >= 0.6 is 7.82 Å². The molecule has 460 valence electrons. The maximum atomic E-state index is 13.6. The van der Waals surface area contributed by atoms with Crippen LogP contribution in [-0.2, 0) is 27.9 Å². The molecule has 0 aliphatic rings. The molecule has 0 aromatic carbocycles.